The van der Waals surface area contributed by atoms with Gasteiger partial charge in [0, 0.05) is 26.1 Å². The quantitative estimate of drug-likeness (QED) is 0.635. The number of ether oxygens (including phenoxy) is 3. The number of morpholine rings is 1. The van der Waals surface area contributed by atoms with Crippen molar-refractivity contribution in [3.8, 4) is 11.5 Å². The zero-order valence-electron chi connectivity index (χ0n) is 19.1. The van der Waals surface area contributed by atoms with Crippen molar-refractivity contribution < 1.29 is 19.0 Å². The van der Waals surface area contributed by atoms with Crippen LogP contribution in [0.15, 0.2) is 18.2 Å². The van der Waals surface area contributed by atoms with Crippen molar-refractivity contribution in [2.75, 3.05) is 47.1 Å². The highest BCUT2D eigenvalue weighted by molar-refractivity contribution is 7.13. The van der Waals surface area contributed by atoms with E-state index in [9.17, 15) is 4.79 Å². The van der Waals surface area contributed by atoms with Crippen LogP contribution >= 0.6 is 11.3 Å². The molecule has 1 aromatic carbocycles. The van der Waals surface area contributed by atoms with Crippen molar-refractivity contribution in [2.45, 2.75) is 33.2 Å². The number of aromatic nitrogens is 1. The third-order valence-corrected chi connectivity index (χ3v) is 6.54. The molecule has 170 valence electrons. The van der Waals surface area contributed by atoms with Crippen molar-refractivity contribution in [3.05, 3.63) is 39.3 Å². The van der Waals surface area contributed by atoms with Gasteiger partial charge in [-0.25, -0.2) is 4.98 Å². The summed E-state index contributed by atoms with van der Waals surface area (Å²) in [7, 11) is 3.26. The van der Waals surface area contributed by atoms with E-state index in [1.165, 1.54) is 11.3 Å². The first-order valence-electron chi connectivity index (χ1n) is 10.7. The topological polar surface area (TPSA) is 72.9 Å². The lowest BCUT2D eigenvalue weighted by molar-refractivity contribution is 0.0162. The Labute approximate surface area is 188 Å². The second-order valence-corrected chi connectivity index (χ2v) is 9.19. The Balaban J connectivity index is 1.78. The summed E-state index contributed by atoms with van der Waals surface area (Å²) in [5, 5.41) is 4.16. The van der Waals surface area contributed by atoms with E-state index in [2.05, 4.69) is 29.0 Å². The van der Waals surface area contributed by atoms with Crippen LogP contribution in [0.5, 0.6) is 11.5 Å². The number of nitrogens with one attached hydrogen (secondary N) is 1. The number of hydrogen-bond acceptors (Lipinski definition) is 7. The van der Waals surface area contributed by atoms with E-state index in [4.69, 9.17) is 14.2 Å². The number of benzene rings is 1. The normalized spacial score (nSPS) is 15.7. The smallest absolute Gasteiger partial charge is 0.263 e. The highest BCUT2D eigenvalue weighted by Gasteiger charge is 2.25. The molecule has 1 atom stereocenters. The van der Waals surface area contributed by atoms with E-state index in [0.29, 0.717) is 42.1 Å². The van der Waals surface area contributed by atoms with Gasteiger partial charge in [0.15, 0.2) is 11.5 Å². The minimum Gasteiger partial charge on any atom is -0.493 e. The van der Waals surface area contributed by atoms with E-state index in [1.807, 2.05) is 25.1 Å². The number of thiazole rings is 1. The summed E-state index contributed by atoms with van der Waals surface area (Å²) in [4.78, 5) is 20.6. The van der Waals surface area contributed by atoms with Crippen molar-refractivity contribution in [2.24, 2.45) is 5.92 Å². The molecule has 7 nitrogen and oxygen atoms in total. The molecule has 1 unspecified atom stereocenters. The van der Waals surface area contributed by atoms with E-state index >= 15 is 0 Å². The van der Waals surface area contributed by atoms with Crippen molar-refractivity contribution in [1.82, 2.24) is 15.2 Å². The largest absolute Gasteiger partial charge is 0.493 e. The summed E-state index contributed by atoms with van der Waals surface area (Å²) in [6, 6.07) is 5.95. The summed E-state index contributed by atoms with van der Waals surface area (Å²) in [6.45, 7) is 9.71. The van der Waals surface area contributed by atoms with Crippen LogP contribution in [0, 0.1) is 12.8 Å². The molecule has 1 aromatic heterocycles. The maximum absolute atomic E-state index is 13.0. The molecule has 8 heteroatoms. The summed E-state index contributed by atoms with van der Waals surface area (Å²) in [6.07, 6.45) is 0.890. The number of amides is 1. The first-order chi connectivity index (χ1) is 14.9. The number of nitrogens with zero attached hydrogens (tertiary/aromatic N) is 2. The molecule has 3 rings (SSSR count). The van der Waals surface area contributed by atoms with Crippen molar-refractivity contribution >= 4 is 17.2 Å². The van der Waals surface area contributed by atoms with Gasteiger partial charge in [-0.2, -0.15) is 0 Å². The summed E-state index contributed by atoms with van der Waals surface area (Å²) < 4.78 is 16.4. The van der Waals surface area contributed by atoms with Gasteiger partial charge in [-0.15, -0.1) is 11.3 Å². The van der Waals surface area contributed by atoms with Gasteiger partial charge < -0.3 is 19.5 Å². The second-order valence-electron chi connectivity index (χ2n) is 8.11. The third kappa shape index (κ3) is 5.96. The van der Waals surface area contributed by atoms with Gasteiger partial charge in [-0.05, 0) is 30.5 Å². The zero-order chi connectivity index (χ0) is 22.4. The number of aryl methyl sites for hydroxylation is 1. The molecular weight excluding hydrogens is 414 g/mol. The highest BCUT2D eigenvalue weighted by atomic mass is 32.1. The first kappa shape index (κ1) is 23.5. The molecule has 1 N–H and O–H groups in total. The van der Waals surface area contributed by atoms with Crippen LogP contribution in [0.3, 0.4) is 0 Å². The van der Waals surface area contributed by atoms with Gasteiger partial charge in [-0.1, -0.05) is 19.9 Å². The molecule has 1 saturated heterocycles. The van der Waals surface area contributed by atoms with Crippen LogP contribution in [0.1, 0.15) is 45.8 Å². The average Bonchev–Trinajstić information content (AvgIpc) is 3.13. The van der Waals surface area contributed by atoms with Gasteiger partial charge in [0.05, 0.1) is 44.2 Å². The Morgan fingerprint density at radius 2 is 1.94 bits per heavy atom. The fourth-order valence-electron chi connectivity index (χ4n) is 3.78. The predicted molar refractivity (Wildman–Crippen MR) is 122 cm³/mol. The highest BCUT2D eigenvalue weighted by Crippen LogP contribution is 2.32. The number of carbonyl (C=O) groups is 1. The number of carbonyl (C=O) groups excluding carboxylic acids is 1. The number of hydrogen-bond donors (Lipinski definition) is 1. The lowest BCUT2D eigenvalue weighted by Crippen LogP contribution is -2.43. The number of methoxy groups -OCH3 is 2. The van der Waals surface area contributed by atoms with E-state index < -0.39 is 0 Å². The van der Waals surface area contributed by atoms with Gasteiger partial charge >= 0.3 is 0 Å². The maximum atomic E-state index is 13.0. The van der Waals surface area contributed by atoms with E-state index in [-0.39, 0.29) is 11.9 Å². The monoisotopic (exact) mass is 447 g/mol. The molecular formula is C23H33N3O4S. The van der Waals surface area contributed by atoms with Crippen LogP contribution in [0.4, 0.5) is 0 Å². The molecule has 31 heavy (non-hydrogen) atoms. The molecule has 1 aliphatic heterocycles. The SMILES string of the molecule is COc1ccc(C(CNC(=O)c2sc(CC(C)C)nc2C)N2CCOCC2)cc1OC. The van der Waals surface area contributed by atoms with Gasteiger partial charge in [0.25, 0.3) is 5.91 Å². The molecule has 0 bridgehead atoms. The molecule has 1 amide bonds. The predicted octanol–water partition coefficient (Wildman–Crippen LogP) is 3.47. The molecule has 0 saturated carbocycles. The minimum absolute atomic E-state index is 0.0102. The van der Waals surface area contributed by atoms with E-state index in [0.717, 1.165) is 35.8 Å². The fourth-order valence-corrected chi connectivity index (χ4v) is 4.97. The first-order valence-corrected chi connectivity index (χ1v) is 11.5. The Morgan fingerprint density at radius 3 is 2.58 bits per heavy atom. The maximum Gasteiger partial charge on any atom is 0.263 e. The molecule has 0 aliphatic carbocycles. The second kappa shape index (κ2) is 10.9. The average molecular weight is 448 g/mol. The third-order valence-electron chi connectivity index (χ3n) is 5.36. The molecule has 0 spiro atoms. The van der Waals surface area contributed by atoms with Crippen molar-refractivity contribution in [3.63, 3.8) is 0 Å². The standard InChI is InChI=1S/C23H33N3O4S/c1-15(2)12-21-25-16(3)22(31-21)23(27)24-14-18(26-8-10-30-11-9-26)17-6-7-19(28-4)20(13-17)29-5/h6-7,13,15,18H,8-12,14H2,1-5H3,(H,24,27). The van der Waals surface area contributed by atoms with Gasteiger partial charge in [0.1, 0.15) is 4.88 Å². The van der Waals surface area contributed by atoms with Crippen LogP contribution in [-0.2, 0) is 11.2 Å². The molecule has 2 heterocycles. The van der Waals surface area contributed by atoms with Gasteiger partial charge in [-0.3, -0.25) is 9.69 Å². The lowest BCUT2D eigenvalue weighted by atomic mass is 10.0. The summed E-state index contributed by atoms with van der Waals surface area (Å²) >= 11 is 1.50. The molecule has 2 aromatic rings. The molecule has 1 aliphatic rings. The van der Waals surface area contributed by atoms with E-state index in [1.54, 1.807) is 14.2 Å². The zero-order valence-corrected chi connectivity index (χ0v) is 19.9. The Morgan fingerprint density at radius 1 is 1.23 bits per heavy atom. The van der Waals surface area contributed by atoms with Crippen LogP contribution < -0.4 is 14.8 Å². The summed E-state index contributed by atoms with van der Waals surface area (Å²) in [5.41, 5.74) is 1.87. The van der Waals surface area contributed by atoms with Crippen LogP contribution in [0.2, 0.25) is 0 Å². The Kier molecular flexibility index (Phi) is 8.28. The lowest BCUT2D eigenvalue weighted by Gasteiger charge is -2.35. The fraction of sp³-hybridized carbons (Fsp3) is 0.565. The van der Waals surface area contributed by atoms with Gasteiger partial charge in [0.2, 0.25) is 0 Å². The molecule has 1 fully saturated rings. The Bertz CT molecular complexity index is 878. The minimum atomic E-state index is -0.0660. The Hall–Kier alpha value is -2.16. The van der Waals surface area contributed by atoms with Crippen LogP contribution in [-0.4, -0.2) is 62.9 Å². The van der Waals surface area contributed by atoms with Crippen LogP contribution in [0.25, 0.3) is 0 Å². The number of rotatable bonds is 9. The molecule has 0 radical (unpaired) electrons. The summed E-state index contributed by atoms with van der Waals surface area (Å²) in [5.74, 6) is 1.82. The van der Waals surface area contributed by atoms with Crippen molar-refractivity contribution in [1.29, 1.82) is 0 Å².